The lowest BCUT2D eigenvalue weighted by atomic mass is 9.80. The van der Waals surface area contributed by atoms with Crippen molar-refractivity contribution in [3.8, 4) is 5.75 Å². The molecule has 19 heavy (non-hydrogen) atoms. The summed E-state index contributed by atoms with van der Waals surface area (Å²) in [6.07, 6.45) is 3.80. The number of hydrogen-bond donors (Lipinski definition) is 3. The first-order valence-electron chi connectivity index (χ1n) is 5.99. The van der Waals surface area contributed by atoms with Gasteiger partial charge in [-0.15, -0.1) is 0 Å². The summed E-state index contributed by atoms with van der Waals surface area (Å²) in [5.41, 5.74) is 3.33. The molecule has 0 heterocycles. The second-order valence-electron chi connectivity index (χ2n) is 4.48. The van der Waals surface area contributed by atoms with E-state index in [0.29, 0.717) is 5.46 Å². The summed E-state index contributed by atoms with van der Waals surface area (Å²) in [5, 5.41) is 27.5. The van der Waals surface area contributed by atoms with E-state index < -0.39 is 7.12 Å². The minimum atomic E-state index is -1.44. The molecule has 2 aromatic rings. The SMILES string of the molecule is Cc1cc(O)cc(/C=C/c2ccc(B(O)O)cc2)c1. The van der Waals surface area contributed by atoms with Gasteiger partial charge in [0.05, 0.1) is 0 Å². The van der Waals surface area contributed by atoms with Gasteiger partial charge in [0.25, 0.3) is 0 Å². The highest BCUT2D eigenvalue weighted by Gasteiger charge is 2.08. The van der Waals surface area contributed by atoms with Crippen LogP contribution in [0.5, 0.6) is 5.75 Å². The zero-order chi connectivity index (χ0) is 13.8. The van der Waals surface area contributed by atoms with Crippen molar-refractivity contribution < 1.29 is 15.2 Å². The summed E-state index contributed by atoms with van der Waals surface area (Å²) in [4.78, 5) is 0. The molecular formula is C15H15BO3. The quantitative estimate of drug-likeness (QED) is 0.575. The average Bonchev–Trinajstić information content (AvgIpc) is 2.36. The molecule has 0 aliphatic rings. The smallest absolute Gasteiger partial charge is 0.488 e. The van der Waals surface area contributed by atoms with Crippen molar-refractivity contribution in [2.45, 2.75) is 6.92 Å². The van der Waals surface area contributed by atoms with Gasteiger partial charge in [-0.05, 0) is 41.2 Å². The molecule has 0 bridgehead atoms. The summed E-state index contributed by atoms with van der Waals surface area (Å²) in [7, 11) is -1.44. The number of aryl methyl sites for hydroxylation is 1. The molecule has 0 atom stereocenters. The topological polar surface area (TPSA) is 60.7 Å². The number of phenolic OH excluding ortho intramolecular Hbond substituents is 1. The van der Waals surface area contributed by atoms with Crippen LogP contribution >= 0.6 is 0 Å². The average molecular weight is 254 g/mol. The van der Waals surface area contributed by atoms with Crippen molar-refractivity contribution in [3.63, 3.8) is 0 Å². The molecule has 0 saturated heterocycles. The number of benzene rings is 2. The fraction of sp³-hybridized carbons (Fsp3) is 0.0667. The van der Waals surface area contributed by atoms with Gasteiger partial charge >= 0.3 is 7.12 Å². The highest BCUT2D eigenvalue weighted by Crippen LogP contribution is 2.17. The predicted molar refractivity (Wildman–Crippen MR) is 78.0 cm³/mol. The Balaban J connectivity index is 2.17. The number of rotatable bonds is 3. The molecule has 0 amide bonds. The summed E-state index contributed by atoms with van der Waals surface area (Å²) in [6, 6.07) is 12.3. The van der Waals surface area contributed by atoms with Crippen LogP contribution in [0.1, 0.15) is 16.7 Å². The van der Waals surface area contributed by atoms with Gasteiger partial charge in [0, 0.05) is 0 Å². The zero-order valence-corrected chi connectivity index (χ0v) is 10.6. The first-order chi connectivity index (χ1) is 9.04. The Kier molecular flexibility index (Phi) is 4.05. The molecule has 2 rings (SSSR count). The van der Waals surface area contributed by atoms with Crippen LogP contribution in [0.25, 0.3) is 12.2 Å². The summed E-state index contributed by atoms with van der Waals surface area (Å²) < 4.78 is 0. The Hall–Kier alpha value is -2.04. The Labute approximate surface area is 112 Å². The van der Waals surface area contributed by atoms with Crippen LogP contribution in [0.15, 0.2) is 42.5 Å². The van der Waals surface area contributed by atoms with Crippen molar-refractivity contribution in [2.24, 2.45) is 0 Å². The lowest BCUT2D eigenvalue weighted by molar-refractivity contribution is 0.426. The van der Waals surface area contributed by atoms with Gasteiger partial charge in [-0.1, -0.05) is 42.5 Å². The Morgan fingerprint density at radius 2 is 1.53 bits per heavy atom. The van der Waals surface area contributed by atoms with Gasteiger partial charge in [0.15, 0.2) is 0 Å². The van der Waals surface area contributed by atoms with Crippen LogP contribution in [0.3, 0.4) is 0 Å². The third-order valence-electron chi connectivity index (χ3n) is 2.79. The van der Waals surface area contributed by atoms with E-state index in [1.54, 1.807) is 36.4 Å². The number of hydrogen-bond acceptors (Lipinski definition) is 3. The zero-order valence-electron chi connectivity index (χ0n) is 10.6. The van der Waals surface area contributed by atoms with Gasteiger partial charge in [-0.25, -0.2) is 0 Å². The van der Waals surface area contributed by atoms with E-state index in [1.165, 1.54) is 0 Å². The van der Waals surface area contributed by atoms with Crippen molar-refractivity contribution in [2.75, 3.05) is 0 Å². The van der Waals surface area contributed by atoms with Crippen molar-refractivity contribution in [1.82, 2.24) is 0 Å². The lowest BCUT2D eigenvalue weighted by Crippen LogP contribution is -2.29. The maximum absolute atomic E-state index is 9.50. The van der Waals surface area contributed by atoms with E-state index in [-0.39, 0.29) is 5.75 Å². The normalized spacial score (nSPS) is 10.9. The van der Waals surface area contributed by atoms with Crippen LogP contribution in [0.4, 0.5) is 0 Å². The third-order valence-corrected chi connectivity index (χ3v) is 2.79. The van der Waals surface area contributed by atoms with Crippen LogP contribution in [-0.2, 0) is 0 Å². The maximum atomic E-state index is 9.50. The molecule has 0 saturated carbocycles. The molecule has 4 heteroatoms. The van der Waals surface area contributed by atoms with E-state index in [2.05, 4.69) is 0 Å². The number of aromatic hydroxyl groups is 1. The molecule has 2 aromatic carbocycles. The van der Waals surface area contributed by atoms with Gasteiger partial charge in [-0.3, -0.25) is 0 Å². The molecule has 0 aliphatic heterocycles. The monoisotopic (exact) mass is 254 g/mol. The van der Waals surface area contributed by atoms with Gasteiger partial charge in [-0.2, -0.15) is 0 Å². The first-order valence-corrected chi connectivity index (χ1v) is 5.99. The van der Waals surface area contributed by atoms with Crippen molar-refractivity contribution in [3.05, 3.63) is 59.2 Å². The van der Waals surface area contributed by atoms with Crippen LogP contribution in [0, 0.1) is 6.92 Å². The second kappa shape index (κ2) is 5.74. The fourth-order valence-corrected chi connectivity index (χ4v) is 1.86. The lowest BCUT2D eigenvalue weighted by Gasteiger charge is -2.01. The second-order valence-corrected chi connectivity index (χ2v) is 4.48. The van der Waals surface area contributed by atoms with E-state index in [1.807, 2.05) is 25.1 Å². The largest absolute Gasteiger partial charge is 0.508 e. The molecular weight excluding hydrogens is 239 g/mol. The third kappa shape index (κ3) is 3.71. The molecule has 96 valence electrons. The van der Waals surface area contributed by atoms with Crippen LogP contribution < -0.4 is 5.46 Å². The van der Waals surface area contributed by atoms with E-state index in [4.69, 9.17) is 10.0 Å². The highest BCUT2D eigenvalue weighted by atomic mass is 16.4. The first kappa shape index (κ1) is 13.4. The van der Waals surface area contributed by atoms with E-state index in [9.17, 15) is 5.11 Å². The van der Waals surface area contributed by atoms with Crippen molar-refractivity contribution >= 4 is 24.7 Å². The fourth-order valence-electron chi connectivity index (χ4n) is 1.86. The number of phenols is 1. The van der Waals surface area contributed by atoms with Crippen molar-refractivity contribution in [1.29, 1.82) is 0 Å². The highest BCUT2D eigenvalue weighted by molar-refractivity contribution is 6.58. The molecule has 0 aliphatic carbocycles. The Morgan fingerprint density at radius 1 is 0.895 bits per heavy atom. The summed E-state index contributed by atoms with van der Waals surface area (Å²) in [5.74, 6) is 0.249. The molecule has 0 unspecified atom stereocenters. The standard InChI is InChI=1S/C15H15BO3/c1-11-8-13(10-15(17)9-11)3-2-12-4-6-14(7-5-12)16(18)19/h2-10,17-19H,1H3/b3-2+. The Morgan fingerprint density at radius 3 is 2.11 bits per heavy atom. The summed E-state index contributed by atoms with van der Waals surface area (Å²) >= 11 is 0. The van der Waals surface area contributed by atoms with Gasteiger partial charge in [0.1, 0.15) is 5.75 Å². The van der Waals surface area contributed by atoms with E-state index >= 15 is 0 Å². The molecule has 0 spiro atoms. The van der Waals surface area contributed by atoms with Crippen LogP contribution in [-0.4, -0.2) is 22.3 Å². The molecule has 3 N–H and O–H groups in total. The molecule has 0 radical (unpaired) electrons. The predicted octanol–water partition coefficient (Wildman–Crippen LogP) is 1.55. The summed E-state index contributed by atoms with van der Waals surface area (Å²) in [6.45, 7) is 1.93. The molecule has 3 nitrogen and oxygen atoms in total. The van der Waals surface area contributed by atoms with Gasteiger partial charge < -0.3 is 15.2 Å². The maximum Gasteiger partial charge on any atom is 0.488 e. The Bertz CT molecular complexity index is 569. The van der Waals surface area contributed by atoms with E-state index in [0.717, 1.165) is 16.7 Å². The minimum Gasteiger partial charge on any atom is -0.508 e. The minimum absolute atomic E-state index is 0.249. The van der Waals surface area contributed by atoms with Crippen LogP contribution in [0.2, 0.25) is 0 Å². The molecule has 0 aromatic heterocycles. The van der Waals surface area contributed by atoms with Gasteiger partial charge in [0.2, 0.25) is 0 Å². The molecule has 0 fully saturated rings.